The van der Waals surface area contributed by atoms with Gasteiger partial charge in [-0.25, -0.2) is 8.42 Å². The molecule has 0 aromatic rings. The minimum atomic E-state index is -2.84. The first-order valence-electron chi connectivity index (χ1n) is 19.4. The van der Waals surface area contributed by atoms with Crippen molar-refractivity contribution >= 4 is 21.8 Å². The molecule has 274 valence electrons. The van der Waals surface area contributed by atoms with Crippen LogP contribution in [0.15, 0.2) is 23.3 Å². The van der Waals surface area contributed by atoms with Gasteiger partial charge in [0.25, 0.3) is 0 Å². The van der Waals surface area contributed by atoms with Gasteiger partial charge >= 0.3 is 11.9 Å². The molecule has 0 radical (unpaired) electrons. The van der Waals surface area contributed by atoms with E-state index in [2.05, 4.69) is 44.0 Å². The SMILES string of the molecule is COC(=O)C1C=C(C2=CCC3(C)C(CCC4(C)C5CCC6(NCCN7CCS(=O)(=O)CC7)CCC[C@@H]6[C@H]5CCC43)C2(C)C)CC1C(=O)OC. The lowest BCUT2D eigenvalue weighted by molar-refractivity contribution is -0.175. The summed E-state index contributed by atoms with van der Waals surface area (Å²) < 4.78 is 34.1. The third-order valence-electron chi connectivity index (χ3n) is 16.0. The largest absolute Gasteiger partial charge is 0.469 e. The van der Waals surface area contributed by atoms with Crippen LogP contribution >= 0.6 is 0 Å². The maximum atomic E-state index is 12.7. The highest BCUT2D eigenvalue weighted by atomic mass is 32.2. The molecule has 8 unspecified atom stereocenters. The van der Waals surface area contributed by atoms with Crippen molar-refractivity contribution in [3.05, 3.63) is 23.3 Å². The molecule has 49 heavy (non-hydrogen) atoms. The molecule has 10 atom stereocenters. The second kappa shape index (κ2) is 12.8. The number of nitrogens with one attached hydrogen (secondary N) is 1. The van der Waals surface area contributed by atoms with Gasteiger partial charge in [-0.1, -0.05) is 46.3 Å². The van der Waals surface area contributed by atoms with Crippen molar-refractivity contribution in [3.8, 4) is 0 Å². The zero-order valence-corrected chi connectivity index (χ0v) is 31.8. The van der Waals surface area contributed by atoms with Crippen molar-refractivity contribution < 1.29 is 27.5 Å². The fourth-order valence-electron chi connectivity index (χ4n) is 13.8. The molecule has 0 amide bonds. The van der Waals surface area contributed by atoms with E-state index in [1.807, 2.05) is 6.08 Å². The van der Waals surface area contributed by atoms with Crippen molar-refractivity contribution in [2.75, 3.05) is 51.9 Å². The van der Waals surface area contributed by atoms with Gasteiger partial charge in [-0.2, -0.15) is 0 Å². The van der Waals surface area contributed by atoms with Gasteiger partial charge in [0.15, 0.2) is 9.84 Å². The minimum absolute atomic E-state index is 0.0572. The maximum Gasteiger partial charge on any atom is 0.313 e. The van der Waals surface area contributed by atoms with Crippen molar-refractivity contribution in [2.24, 2.45) is 57.7 Å². The van der Waals surface area contributed by atoms with Crippen LogP contribution in [0.3, 0.4) is 0 Å². The van der Waals surface area contributed by atoms with Crippen molar-refractivity contribution in [3.63, 3.8) is 0 Å². The maximum absolute atomic E-state index is 12.7. The third kappa shape index (κ3) is 5.78. The Hall–Kier alpha value is -1.71. The molecule has 0 aromatic carbocycles. The summed E-state index contributed by atoms with van der Waals surface area (Å²) in [5.74, 6) is 2.38. The monoisotopic (exact) mass is 698 g/mol. The fourth-order valence-corrected chi connectivity index (χ4v) is 15.1. The topological polar surface area (TPSA) is 102 Å². The van der Waals surface area contributed by atoms with Crippen LogP contribution in [-0.4, -0.2) is 82.7 Å². The number of hydrogen-bond acceptors (Lipinski definition) is 8. The molecule has 7 aliphatic rings. The molecule has 0 spiro atoms. The highest BCUT2D eigenvalue weighted by Gasteiger charge is 2.65. The molecule has 6 aliphatic carbocycles. The molecule has 8 nitrogen and oxygen atoms in total. The number of nitrogens with zero attached hydrogens (tertiary/aromatic N) is 1. The second-order valence-corrected chi connectivity index (χ2v) is 20.5. The highest BCUT2D eigenvalue weighted by molar-refractivity contribution is 7.91. The number of sulfone groups is 1. The summed E-state index contributed by atoms with van der Waals surface area (Å²) in [6, 6.07) is 0. The molecule has 1 heterocycles. The van der Waals surface area contributed by atoms with Gasteiger partial charge in [-0.05, 0) is 121 Å². The Morgan fingerprint density at radius 2 is 1.61 bits per heavy atom. The van der Waals surface area contributed by atoms with Gasteiger partial charge < -0.3 is 19.7 Å². The smallest absolute Gasteiger partial charge is 0.313 e. The molecule has 4 saturated carbocycles. The van der Waals surface area contributed by atoms with Gasteiger partial charge in [0.05, 0.1) is 37.6 Å². The number of rotatable bonds is 7. The first-order chi connectivity index (χ1) is 23.2. The lowest BCUT2D eigenvalue weighted by Crippen LogP contribution is -2.64. The predicted molar refractivity (Wildman–Crippen MR) is 191 cm³/mol. The van der Waals surface area contributed by atoms with Crippen molar-refractivity contribution in [1.29, 1.82) is 0 Å². The Balaban J connectivity index is 1.07. The van der Waals surface area contributed by atoms with Crippen LogP contribution in [0.25, 0.3) is 0 Å². The Kier molecular flexibility index (Phi) is 9.29. The molecular formula is C40H62N2O6S. The fraction of sp³-hybridized carbons (Fsp3) is 0.850. The van der Waals surface area contributed by atoms with E-state index in [4.69, 9.17) is 9.47 Å². The van der Waals surface area contributed by atoms with Crippen molar-refractivity contribution in [2.45, 2.75) is 104 Å². The second-order valence-electron chi connectivity index (χ2n) is 18.2. The van der Waals surface area contributed by atoms with E-state index in [0.29, 0.717) is 48.3 Å². The normalized spacial score (nSPS) is 44.0. The Labute approximate surface area is 295 Å². The average molecular weight is 699 g/mol. The van der Waals surface area contributed by atoms with Crippen LogP contribution in [0.1, 0.15) is 98.3 Å². The Morgan fingerprint density at radius 3 is 2.33 bits per heavy atom. The molecule has 1 aliphatic heterocycles. The van der Waals surface area contributed by atoms with Gasteiger partial charge in [-0.3, -0.25) is 9.59 Å². The number of fused-ring (bicyclic) bond motifs is 7. The first-order valence-corrected chi connectivity index (χ1v) is 21.3. The van der Waals surface area contributed by atoms with Crippen LogP contribution in [-0.2, 0) is 28.9 Å². The number of methoxy groups -OCH3 is 2. The van der Waals surface area contributed by atoms with Gasteiger partial charge in [-0.15, -0.1) is 0 Å². The van der Waals surface area contributed by atoms with E-state index in [1.54, 1.807) is 0 Å². The molecular weight excluding hydrogens is 637 g/mol. The summed E-state index contributed by atoms with van der Waals surface area (Å²) >= 11 is 0. The van der Waals surface area contributed by atoms with Crippen molar-refractivity contribution in [1.82, 2.24) is 10.2 Å². The summed E-state index contributed by atoms with van der Waals surface area (Å²) in [4.78, 5) is 27.8. The van der Waals surface area contributed by atoms with Crippen LogP contribution in [0.4, 0.5) is 0 Å². The molecule has 9 heteroatoms. The summed E-state index contributed by atoms with van der Waals surface area (Å²) in [7, 11) is -0.0391. The number of allylic oxidation sites excluding steroid dienone is 3. The minimum Gasteiger partial charge on any atom is -0.469 e. The zero-order valence-electron chi connectivity index (χ0n) is 31.0. The standard InChI is InChI=1S/C40H62N2O6S/c1-37(2)30(26-24-28(35(43)47-5)29(25-26)36(44)48-6)11-15-39(4)33(37)13-16-38(3)31-12-17-40(14-7-8-32(40)27(31)9-10-34(38)39)41-18-19-42-20-22-49(45,46)23-21-42/h11,24,27-29,31-34,41H,7-10,12-23,25H2,1-6H3/t27-,28?,29?,31?,32+,33?,34?,38?,39?,40?/m0/s1. The molecule has 1 saturated heterocycles. The van der Waals surface area contributed by atoms with E-state index < -0.39 is 21.7 Å². The molecule has 0 aromatic heterocycles. The number of carbonyl (C=O) groups excluding carboxylic acids is 2. The molecule has 5 fully saturated rings. The van der Waals surface area contributed by atoms with E-state index in [1.165, 1.54) is 77.6 Å². The predicted octanol–water partition coefficient (Wildman–Crippen LogP) is 5.97. The van der Waals surface area contributed by atoms with Gasteiger partial charge in [0, 0.05) is 31.7 Å². The van der Waals surface area contributed by atoms with E-state index >= 15 is 0 Å². The Morgan fingerprint density at radius 1 is 0.878 bits per heavy atom. The number of esters is 2. The first kappa shape index (κ1) is 35.7. The summed E-state index contributed by atoms with van der Waals surface area (Å²) in [6.45, 7) is 13.4. The van der Waals surface area contributed by atoms with Crippen LogP contribution in [0.2, 0.25) is 0 Å². The van der Waals surface area contributed by atoms with Gasteiger partial charge in [0.1, 0.15) is 0 Å². The third-order valence-corrected chi connectivity index (χ3v) is 17.6. The lowest BCUT2D eigenvalue weighted by Gasteiger charge is -2.68. The van der Waals surface area contributed by atoms with Gasteiger partial charge in [0.2, 0.25) is 0 Å². The quantitative estimate of drug-likeness (QED) is 0.325. The number of carbonyl (C=O) groups is 2. The summed E-state index contributed by atoms with van der Waals surface area (Å²) in [5.41, 5.74) is 3.24. The van der Waals surface area contributed by atoms with E-state index in [9.17, 15) is 18.0 Å². The highest BCUT2D eigenvalue weighted by Crippen LogP contribution is 2.72. The van der Waals surface area contributed by atoms with Crippen LogP contribution in [0, 0.1) is 57.7 Å². The van der Waals surface area contributed by atoms with E-state index in [-0.39, 0.29) is 28.3 Å². The van der Waals surface area contributed by atoms with E-state index in [0.717, 1.165) is 42.8 Å². The zero-order chi connectivity index (χ0) is 35.0. The van der Waals surface area contributed by atoms with Crippen LogP contribution in [0.5, 0.6) is 0 Å². The molecule has 0 bridgehead atoms. The lowest BCUT2D eigenvalue weighted by atomic mass is 9.37. The summed E-state index contributed by atoms with van der Waals surface area (Å²) in [6.07, 6.45) is 17.9. The summed E-state index contributed by atoms with van der Waals surface area (Å²) in [5, 5.41) is 4.14. The molecule has 1 N–H and O–H groups in total. The number of hydrogen-bond donors (Lipinski definition) is 1. The van der Waals surface area contributed by atoms with Crippen LogP contribution < -0.4 is 5.32 Å². The molecule has 7 rings (SSSR count). The Bertz CT molecular complexity index is 1490. The number of ether oxygens (including phenoxy) is 2. The average Bonchev–Trinajstić information content (AvgIpc) is 3.70.